The van der Waals surface area contributed by atoms with Gasteiger partial charge in [-0.05, 0) is 30.2 Å². The first kappa shape index (κ1) is 21.8. The van der Waals surface area contributed by atoms with E-state index < -0.39 is 40.3 Å². The Hall–Kier alpha value is -3.95. The van der Waals surface area contributed by atoms with E-state index in [0.717, 1.165) is 5.56 Å². The predicted octanol–water partition coefficient (Wildman–Crippen LogP) is 4.28. The standard InChI is InChI=1S/C21H17F3N4O3/c1-2-18(27-13-5-3-12(4-6-13)11-28-25-7-8-26-28)19(21(30)31)20(29)14-9-16(23)17(24)10-15(14)22/h3-10,29H,2,11H2,1H3,(H,30,31). The van der Waals surface area contributed by atoms with Crippen molar-refractivity contribution in [1.29, 1.82) is 0 Å². The van der Waals surface area contributed by atoms with Gasteiger partial charge in [-0.25, -0.2) is 18.0 Å². The Kier molecular flexibility index (Phi) is 6.49. The number of hydrogen-bond donors (Lipinski definition) is 2. The number of aliphatic hydroxyl groups is 1. The van der Waals surface area contributed by atoms with Gasteiger partial charge < -0.3 is 10.2 Å². The molecule has 0 aliphatic carbocycles. The zero-order valence-electron chi connectivity index (χ0n) is 16.3. The van der Waals surface area contributed by atoms with Gasteiger partial charge in [-0.3, -0.25) is 4.99 Å². The van der Waals surface area contributed by atoms with Crippen molar-refractivity contribution < 1.29 is 28.2 Å². The zero-order chi connectivity index (χ0) is 22.5. The molecule has 2 aromatic carbocycles. The Morgan fingerprint density at radius 2 is 1.61 bits per heavy atom. The number of carboxylic acids is 1. The molecule has 1 aromatic heterocycles. The molecule has 0 aliphatic heterocycles. The average Bonchev–Trinajstić information content (AvgIpc) is 3.24. The van der Waals surface area contributed by atoms with Gasteiger partial charge in [-0.2, -0.15) is 15.0 Å². The van der Waals surface area contributed by atoms with Gasteiger partial charge in [0.1, 0.15) is 17.1 Å². The van der Waals surface area contributed by atoms with E-state index in [1.807, 2.05) is 0 Å². The molecule has 0 atom stereocenters. The van der Waals surface area contributed by atoms with E-state index in [1.165, 1.54) is 4.80 Å². The molecule has 0 fully saturated rings. The minimum absolute atomic E-state index is 0.0654. The fraction of sp³-hybridized carbons (Fsp3) is 0.143. The SMILES string of the molecule is CCC(=Nc1ccc(Cn2nccn2)cc1)C(C(=O)O)=C(O)c1cc(F)c(F)cc1F. The number of benzene rings is 2. The lowest BCUT2D eigenvalue weighted by Crippen LogP contribution is -2.15. The maximum atomic E-state index is 14.1. The number of aliphatic imine (C=N–C) groups is 1. The van der Waals surface area contributed by atoms with Gasteiger partial charge in [0, 0.05) is 6.07 Å². The van der Waals surface area contributed by atoms with Crippen LogP contribution in [0.4, 0.5) is 18.9 Å². The number of carbonyl (C=O) groups is 1. The van der Waals surface area contributed by atoms with Gasteiger partial charge in [0.05, 0.1) is 35.9 Å². The van der Waals surface area contributed by atoms with E-state index in [0.29, 0.717) is 18.3 Å². The number of rotatable bonds is 7. The van der Waals surface area contributed by atoms with Crippen molar-refractivity contribution in [2.75, 3.05) is 0 Å². The number of halogens is 3. The van der Waals surface area contributed by atoms with E-state index in [4.69, 9.17) is 0 Å². The second kappa shape index (κ2) is 9.24. The van der Waals surface area contributed by atoms with Crippen LogP contribution in [0, 0.1) is 17.5 Å². The van der Waals surface area contributed by atoms with Gasteiger partial charge in [0.25, 0.3) is 0 Å². The highest BCUT2D eigenvalue weighted by Crippen LogP contribution is 2.25. The quantitative estimate of drug-likeness (QED) is 0.252. The molecule has 0 amide bonds. The Morgan fingerprint density at radius 3 is 2.19 bits per heavy atom. The van der Waals surface area contributed by atoms with Crippen LogP contribution in [0.25, 0.3) is 5.76 Å². The van der Waals surface area contributed by atoms with Crippen molar-refractivity contribution in [3.63, 3.8) is 0 Å². The molecule has 3 aromatic rings. The van der Waals surface area contributed by atoms with Crippen LogP contribution in [0.5, 0.6) is 0 Å². The van der Waals surface area contributed by atoms with E-state index >= 15 is 0 Å². The van der Waals surface area contributed by atoms with Gasteiger partial charge in [-0.15, -0.1) is 0 Å². The van der Waals surface area contributed by atoms with Gasteiger partial charge in [-0.1, -0.05) is 19.1 Å². The fourth-order valence-corrected chi connectivity index (χ4v) is 2.83. The first-order chi connectivity index (χ1) is 14.8. The first-order valence-corrected chi connectivity index (χ1v) is 9.12. The lowest BCUT2D eigenvalue weighted by molar-refractivity contribution is -0.132. The Bertz CT molecular complexity index is 1160. The summed E-state index contributed by atoms with van der Waals surface area (Å²) in [5.74, 6) is -6.83. The van der Waals surface area contributed by atoms with Crippen molar-refractivity contribution in [3.8, 4) is 0 Å². The summed E-state index contributed by atoms with van der Waals surface area (Å²) < 4.78 is 40.8. The molecule has 160 valence electrons. The topological polar surface area (TPSA) is 101 Å². The highest BCUT2D eigenvalue weighted by atomic mass is 19.2. The number of carboxylic acid groups (broad SMARTS) is 1. The van der Waals surface area contributed by atoms with Gasteiger partial charge in [0.2, 0.25) is 0 Å². The third-order valence-corrected chi connectivity index (χ3v) is 4.33. The molecule has 0 radical (unpaired) electrons. The van der Waals surface area contributed by atoms with Crippen LogP contribution in [0.1, 0.15) is 24.5 Å². The number of aliphatic carboxylic acids is 1. The third kappa shape index (κ3) is 4.97. The van der Waals surface area contributed by atoms with E-state index in [9.17, 15) is 28.2 Å². The van der Waals surface area contributed by atoms with E-state index in [-0.39, 0.29) is 18.2 Å². The van der Waals surface area contributed by atoms with Crippen molar-refractivity contribution in [3.05, 3.63) is 82.9 Å². The maximum absolute atomic E-state index is 14.1. The van der Waals surface area contributed by atoms with Crippen molar-refractivity contribution in [1.82, 2.24) is 15.0 Å². The normalized spacial score (nSPS) is 12.6. The Morgan fingerprint density at radius 1 is 1.00 bits per heavy atom. The molecule has 0 saturated heterocycles. The van der Waals surface area contributed by atoms with Crippen molar-refractivity contribution >= 4 is 23.1 Å². The highest BCUT2D eigenvalue weighted by molar-refractivity contribution is 6.24. The van der Waals surface area contributed by atoms with Crippen LogP contribution < -0.4 is 0 Å². The summed E-state index contributed by atoms with van der Waals surface area (Å²) in [6.45, 7) is 2.02. The molecular formula is C21H17F3N4O3. The molecule has 0 saturated carbocycles. The largest absolute Gasteiger partial charge is 0.506 e. The fourth-order valence-electron chi connectivity index (χ4n) is 2.83. The lowest BCUT2D eigenvalue weighted by atomic mass is 10.0. The number of nitrogens with zero attached hydrogens (tertiary/aromatic N) is 4. The summed E-state index contributed by atoms with van der Waals surface area (Å²) in [6.07, 6.45) is 3.17. The minimum atomic E-state index is -1.59. The molecule has 7 nitrogen and oxygen atoms in total. The summed E-state index contributed by atoms with van der Waals surface area (Å²) in [6, 6.07) is 7.37. The molecule has 2 N–H and O–H groups in total. The number of hydrogen-bond acceptors (Lipinski definition) is 5. The van der Waals surface area contributed by atoms with Crippen LogP contribution in [-0.4, -0.2) is 36.9 Å². The smallest absolute Gasteiger partial charge is 0.341 e. The molecule has 0 unspecified atom stereocenters. The summed E-state index contributed by atoms with van der Waals surface area (Å²) in [7, 11) is 0. The molecule has 0 bridgehead atoms. The van der Waals surface area contributed by atoms with Crippen molar-refractivity contribution in [2.24, 2.45) is 4.99 Å². The zero-order valence-corrected chi connectivity index (χ0v) is 16.3. The maximum Gasteiger partial charge on any atom is 0.341 e. The summed E-state index contributed by atoms with van der Waals surface area (Å²) in [4.78, 5) is 17.5. The van der Waals surface area contributed by atoms with Crippen LogP contribution >= 0.6 is 0 Å². The minimum Gasteiger partial charge on any atom is -0.506 e. The number of aromatic nitrogens is 3. The summed E-state index contributed by atoms with van der Waals surface area (Å²) in [5, 5.41) is 28.0. The summed E-state index contributed by atoms with van der Waals surface area (Å²) in [5.41, 5.74) is -0.312. The Balaban J connectivity index is 1.99. The highest BCUT2D eigenvalue weighted by Gasteiger charge is 2.24. The second-order valence-corrected chi connectivity index (χ2v) is 6.41. The van der Waals surface area contributed by atoms with Gasteiger partial charge >= 0.3 is 5.97 Å². The molecule has 3 rings (SSSR count). The molecule has 10 heteroatoms. The third-order valence-electron chi connectivity index (χ3n) is 4.33. The van der Waals surface area contributed by atoms with Crippen LogP contribution in [0.3, 0.4) is 0 Å². The molecule has 31 heavy (non-hydrogen) atoms. The molecule has 0 aliphatic rings. The second-order valence-electron chi connectivity index (χ2n) is 6.41. The van der Waals surface area contributed by atoms with Crippen molar-refractivity contribution in [2.45, 2.75) is 19.9 Å². The predicted molar refractivity (Wildman–Crippen MR) is 106 cm³/mol. The lowest BCUT2D eigenvalue weighted by Gasteiger charge is -2.11. The number of aliphatic hydroxyl groups excluding tert-OH is 1. The van der Waals surface area contributed by atoms with Crippen LogP contribution in [0.15, 0.2) is 59.4 Å². The Labute approximate surface area is 174 Å². The molecular weight excluding hydrogens is 413 g/mol. The van der Waals surface area contributed by atoms with Crippen LogP contribution in [0.2, 0.25) is 0 Å². The monoisotopic (exact) mass is 430 g/mol. The average molecular weight is 430 g/mol. The van der Waals surface area contributed by atoms with Crippen LogP contribution in [-0.2, 0) is 11.3 Å². The summed E-state index contributed by atoms with van der Waals surface area (Å²) >= 11 is 0. The molecule has 0 spiro atoms. The van der Waals surface area contributed by atoms with E-state index in [1.54, 1.807) is 43.6 Å². The molecule has 1 heterocycles. The van der Waals surface area contributed by atoms with E-state index in [2.05, 4.69) is 15.2 Å². The van der Waals surface area contributed by atoms with Gasteiger partial charge in [0.15, 0.2) is 11.6 Å². The first-order valence-electron chi connectivity index (χ1n) is 9.12.